The van der Waals surface area contributed by atoms with Crippen molar-refractivity contribution in [3.63, 3.8) is 0 Å². The Kier molecular flexibility index (Phi) is 6.70. The van der Waals surface area contributed by atoms with Gasteiger partial charge in [0.05, 0.1) is 24.1 Å². The number of para-hydroxylation sites is 1. The number of hydrogen-bond acceptors (Lipinski definition) is 8. The summed E-state index contributed by atoms with van der Waals surface area (Å²) in [6, 6.07) is 16.4. The van der Waals surface area contributed by atoms with E-state index in [4.69, 9.17) is 4.42 Å². The Morgan fingerprint density at radius 1 is 0.971 bits per heavy atom. The van der Waals surface area contributed by atoms with Gasteiger partial charge in [0.25, 0.3) is 26.2 Å². The molecule has 0 aliphatic heterocycles. The number of aryl methyl sites for hydroxylation is 1. The molecule has 0 aliphatic rings. The fraction of sp³-hybridized carbons (Fsp3) is 0.0909. The van der Waals surface area contributed by atoms with Crippen LogP contribution in [0.5, 0.6) is 0 Å². The zero-order chi connectivity index (χ0) is 24.1. The molecule has 0 bridgehead atoms. The van der Waals surface area contributed by atoms with E-state index in [-0.39, 0.29) is 27.3 Å². The van der Waals surface area contributed by atoms with Crippen LogP contribution in [0.15, 0.2) is 75.7 Å². The summed E-state index contributed by atoms with van der Waals surface area (Å²) < 4.78 is 32.9. The van der Waals surface area contributed by atoms with Gasteiger partial charge in [-0.15, -0.1) is 10.2 Å². The van der Waals surface area contributed by atoms with Crippen LogP contribution in [-0.4, -0.2) is 30.4 Å². The molecule has 0 saturated heterocycles. The third-order valence-electron chi connectivity index (χ3n) is 4.59. The first-order chi connectivity index (χ1) is 16.3. The van der Waals surface area contributed by atoms with E-state index in [1.54, 1.807) is 48.5 Å². The molecule has 2 aromatic carbocycles. The summed E-state index contributed by atoms with van der Waals surface area (Å²) in [5.41, 5.74) is 1.59. The molecule has 3 N–H and O–H groups in total. The van der Waals surface area contributed by atoms with Gasteiger partial charge in [-0.3, -0.25) is 19.6 Å². The Morgan fingerprint density at radius 3 is 2.47 bits per heavy atom. The zero-order valence-corrected chi connectivity index (χ0v) is 19.4. The maximum atomic E-state index is 12.9. The Hall–Kier alpha value is -4.03. The third kappa shape index (κ3) is 5.47. The first-order valence-corrected chi connectivity index (χ1v) is 12.3. The van der Waals surface area contributed by atoms with Gasteiger partial charge >= 0.3 is 0 Å². The van der Waals surface area contributed by atoms with Crippen molar-refractivity contribution in [3.8, 4) is 0 Å². The van der Waals surface area contributed by atoms with Gasteiger partial charge in [0.1, 0.15) is 5.76 Å². The number of anilines is 2. The quantitative estimate of drug-likeness (QED) is 0.316. The van der Waals surface area contributed by atoms with Crippen LogP contribution in [0.1, 0.15) is 32.0 Å². The van der Waals surface area contributed by atoms with Crippen molar-refractivity contribution in [1.82, 2.24) is 15.5 Å². The molecule has 0 radical (unpaired) electrons. The number of nitrogens with zero attached hydrogens (tertiary/aromatic N) is 2. The van der Waals surface area contributed by atoms with E-state index in [1.807, 2.05) is 6.92 Å². The van der Waals surface area contributed by atoms with Crippen LogP contribution in [0.25, 0.3) is 0 Å². The molecule has 2 amide bonds. The summed E-state index contributed by atoms with van der Waals surface area (Å²) in [5.74, 6) is -0.370. The van der Waals surface area contributed by atoms with Crippen LogP contribution in [0, 0.1) is 6.92 Å². The average Bonchev–Trinajstić information content (AvgIpc) is 3.51. The summed E-state index contributed by atoms with van der Waals surface area (Å²) in [7, 11) is -4.17. The van der Waals surface area contributed by atoms with Gasteiger partial charge < -0.3 is 9.73 Å². The van der Waals surface area contributed by atoms with Crippen molar-refractivity contribution in [3.05, 3.63) is 89.4 Å². The second-order valence-electron chi connectivity index (χ2n) is 7.11. The summed E-state index contributed by atoms with van der Waals surface area (Å²) in [5, 5.41) is 12.7. The standard InChI is InChI=1S/C22H19N5O5S2/c1-14-8-10-15(11-9-14)19(28)24-21-25-26-22(33-21)34(30,31)27-18-7-3-2-6-17(18)20(29)23-13-16-5-4-12-32-16/h2-12,27H,13H2,1H3,(H,23,29)(H,24,25,28). The largest absolute Gasteiger partial charge is 0.467 e. The maximum Gasteiger partial charge on any atom is 0.291 e. The number of carbonyl (C=O) groups excluding carboxylic acids is 2. The minimum atomic E-state index is -4.17. The molecule has 12 heteroatoms. The lowest BCUT2D eigenvalue weighted by Gasteiger charge is -2.11. The van der Waals surface area contributed by atoms with Gasteiger partial charge in [-0.05, 0) is 43.3 Å². The van der Waals surface area contributed by atoms with Gasteiger partial charge in [-0.2, -0.15) is 8.42 Å². The first kappa shape index (κ1) is 23.1. The minimum absolute atomic E-state index is 0.0235. The number of nitrogens with one attached hydrogen (secondary N) is 3. The van der Waals surface area contributed by atoms with Gasteiger partial charge in [-0.25, -0.2) is 0 Å². The smallest absolute Gasteiger partial charge is 0.291 e. The van der Waals surface area contributed by atoms with Crippen molar-refractivity contribution in [2.75, 3.05) is 10.0 Å². The van der Waals surface area contributed by atoms with Crippen molar-refractivity contribution in [2.45, 2.75) is 17.8 Å². The van der Waals surface area contributed by atoms with E-state index in [0.29, 0.717) is 22.7 Å². The van der Waals surface area contributed by atoms with Crippen LogP contribution in [0.4, 0.5) is 10.8 Å². The highest BCUT2D eigenvalue weighted by molar-refractivity contribution is 7.94. The number of sulfonamides is 1. The fourth-order valence-electron chi connectivity index (χ4n) is 2.88. The minimum Gasteiger partial charge on any atom is -0.467 e. The van der Waals surface area contributed by atoms with Crippen LogP contribution in [0.3, 0.4) is 0 Å². The van der Waals surface area contributed by atoms with Crippen molar-refractivity contribution in [1.29, 1.82) is 0 Å². The molecule has 0 spiro atoms. The van der Waals surface area contributed by atoms with Crippen molar-refractivity contribution in [2.24, 2.45) is 0 Å². The molecule has 0 unspecified atom stereocenters. The van der Waals surface area contributed by atoms with E-state index in [1.165, 1.54) is 18.4 Å². The van der Waals surface area contributed by atoms with Crippen LogP contribution in [-0.2, 0) is 16.6 Å². The number of benzene rings is 2. The number of aromatic nitrogens is 2. The molecular formula is C22H19N5O5S2. The van der Waals surface area contributed by atoms with Gasteiger partial charge in [-0.1, -0.05) is 41.2 Å². The van der Waals surface area contributed by atoms with E-state index in [2.05, 4.69) is 25.6 Å². The SMILES string of the molecule is Cc1ccc(C(=O)Nc2nnc(S(=O)(=O)Nc3ccccc3C(=O)NCc3ccco3)s2)cc1. The highest BCUT2D eigenvalue weighted by Crippen LogP contribution is 2.25. The van der Waals surface area contributed by atoms with Crippen LogP contribution >= 0.6 is 11.3 Å². The highest BCUT2D eigenvalue weighted by Gasteiger charge is 2.23. The van der Waals surface area contributed by atoms with Gasteiger partial charge in [0.2, 0.25) is 5.13 Å². The molecule has 4 rings (SSSR count). The molecule has 0 saturated carbocycles. The summed E-state index contributed by atoms with van der Waals surface area (Å²) in [4.78, 5) is 25.0. The fourth-order valence-corrected chi connectivity index (χ4v) is 4.85. The molecule has 10 nitrogen and oxygen atoms in total. The summed E-state index contributed by atoms with van der Waals surface area (Å²) >= 11 is 0.690. The molecule has 34 heavy (non-hydrogen) atoms. The van der Waals surface area contributed by atoms with Crippen molar-refractivity contribution < 1.29 is 22.4 Å². The molecule has 4 aromatic rings. The van der Waals surface area contributed by atoms with Crippen molar-refractivity contribution >= 4 is 44.0 Å². The number of furan rings is 1. The number of rotatable bonds is 8. The van der Waals surface area contributed by atoms with Gasteiger partial charge in [0.15, 0.2) is 0 Å². The molecule has 0 fully saturated rings. The average molecular weight is 498 g/mol. The lowest BCUT2D eigenvalue weighted by atomic mass is 10.1. The lowest BCUT2D eigenvalue weighted by molar-refractivity contribution is 0.0948. The zero-order valence-electron chi connectivity index (χ0n) is 17.8. The number of amides is 2. The molecule has 2 aromatic heterocycles. The van der Waals surface area contributed by atoms with E-state index in [9.17, 15) is 18.0 Å². The van der Waals surface area contributed by atoms with E-state index >= 15 is 0 Å². The predicted octanol–water partition coefficient (Wildman–Crippen LogP) is 3.42. The normalized spacial score (nSPS) is 11.1. The molecule has 174 valence electrons. The van der Waals surface area contributed by atoms with Crippen LogP contribution in [0.2, 0.25) is 0 Å². The number of hydrogen-bond donors (Lipinski definition) is 3. The molecule has 0 atom stereocenters. The first-order valence-electron chi connectivity index (χ1n) is 9.96. The Labute approximate surface area is 199 Å². The molecule has 0 aliphatic carbocycles. The summed E-state index contributed by atoms with van der Waals surface area (Å²) in [6.07, 6.45) is 1.49. The Bertz CT molecular complexity index is 1410. The topological polar surface area (TPSA) is 143 Å². The molecule has 2 heterocycles. The lowest BCUT2D eigenvalue weighted by Crippen LogP contribution is -2.24. The Morgan fingerprint density at radius 2 is 1.74 bits per heavy atom. The monoisotopic (exact) mass is 497 g/mol. The maximum absolute atomic E-state index is 12.9. The van der Waals surface area contributed by atoms with Gasteiger partial charge in [0, 0.05) is 5.56 Å². The second-order valence-corrected chi connectivity index (χ2v) is 9.94. The highest BCUT2D eigenvalue weighted by atomic mass is 32.2. The van der Waals surface area contributed by atoms with E-state index < -0.39 is 21.8 Å². The van der Waals surface area contributed by atoms with E-state index in [0.717, 1.165) is 5.56 Å². The number of carbonyl (C=O) groups is 2. The predicted molar refractivity (Wildman–Crippen MR) is 126 cm³/mol. The third-order valence-corrected chi connectivity index (χ3v) is 7.16. The second kappa shape index (κ2) is 9.85. The Balaban J connectivity index is 1.46. The molecular weight excluding hydrogens is 478 g/mol. The summed E-state index contributed by atoms with van der Waals surface area (Å²) in [6.45, 7) is 2.05. The van der Waals surface area contributed by atoms with Crippen LogP contribution < -0.4 is 15.4 Å².